The van der Waals surface area contributed by atoms with Crippen molar-refractivity contribution in [3.05, 3.63) is 11.6 Å². The molecule has 14 heavy (non-hydrogen) atoms. The molecule has 1 rings (SSSR count). The molecule has 1 saturated carbocycles. The number of carbonyl (C=O) groups is 1. The highest BCUT2D eigenvalue weighted by molar-refractivity contribution is 5.90. The number of nitrogens with zero attached hydrogens (tertiary/aromatic N) is 1. The standard InChI is InChI=1S/C11H15NO2/c1-8-3-2-4-9(5-8)6-10(7-12)11(13)14/h6,8-9H,2-5H2,1H3,(H,13,14). The lowest BCUT2D eigenvalue weighted by molar-refractivity contribution is -0.132. The molecule has 0 aromatic heterocycles. The zero-order valence-corrected chi connectivity index (χ0v) is 8.36. The van der Waals surface area contributed by atoms with E-state index in [0.29, 0.717) is 5.92 Å². The van der Waals surface area contributed by atoms with Crippen molar-refractivity contribution < 1.29 is 9.90 Å². The van der Waals surface area contributed by atoms with Crippen molar-refractivity contribution in [1.82, 2.24) is 0 Å². The van der Waals surface area contributed by atoms with Crippen LogP contribution < -0.4 is 0 Å². The van der Waals surface area contributed by atoms with E-state index in [4.69, 9.17) is 10.4 Å². The third kappa shape index (κ3) is 2.88. The van der Waals surface area contributed by atoms with Gasteiger partial charge in [0.2, 0.25) is 0 Å². The van der Waals surface area contributed by atoms with E-state index < -0.39 is 5.97 Å². The van der Waals surface area contributed by atoms with Crippen LogP contribution >= 0.6 is 0 Å². The summed E-state index contributed by atoms with van der Waals surface area (Å²) in [5.41, 5.74) is -0.107. The smallest absolute Gasteiger partial charge is 0.346 e. The van der Waals surface area contributed by atoms with Crippen molar-refractivity contribution in [3.8, 4) is 6.07 Å². The van der Waals surface area contributed by atoms with E-state index in [0.717, 1.165) is 19.3 Å². The third-order valence-corrected chi connectivity index (χ3v) is 2.73. The molecule has 0 aromatic carbocycles. The molecule has 0 amide bonds. The molecule has 1 aliphatic rings. The quantitative estimate of drug-likeness (QED) is 0.541. The Morgan fingerprint density at radius 2 is 2.29 bits per heavy atom. The summed E-state index contributed by atoms with van der Waals surface area (Å²) >= 11 is 0. The summed E-state index contributed by atoms with van der Waals surface area (Å²) < 4.78 is 0. The van der Waals surface area contributed by atoms with E-state index in [2.05, 4.69) is 6.92 Å². The molecular formula is C11H15NO2. The number of allylic oxidation sites excluding steroid dienone is 1. The Kier molecular flexibility index (Phi) is 3.70. The van der Waals surface area contributed by atoms with Crippen molar-refractivity contribution in [2.75, 3.05) is 0 Å². The molecule has 3 heteroatoms. The number of carboxylic acids is 1. The first-order valence-corrected chi connectivity index (χ1v) is 4.98. The van der Waals surface area contributed by atoms with E-state index in [1.807, 2.05) is 0 Å². The van der Waals surface area contributed by atoms with E-state index in [1.165, 1.54) is 6.42 Å². The van der Waals surface area contributed by atoms with Crippen LogP contribution in [-0.4, -0.2) is 11.1 Å². The van der Waals surface area contributed by atoms with Gasteiger partial charge in [0.05, 0.1) is 0 Å². The lowest BCUT2D eigenvalue weighted by atomic mass is 9.82. The lowest BCUT2D eigenvalue weighted by Gasteiger charge is -2.24. The van der Waals surface area contributed by atoms with Gasteiger partial charge >= 0.3 is 5.97 Å². The summed E-state index contributed by atoms with van der Waals surface area (Å²) in [6, 6.07) is 1.73. The Bertz CT molecular complexity index is 288. The predicted octanol–water partition coefficient (Wildman–Crippen LogP) is 2.35. The summed E-state index contributed by atoms with van der Waals surface area (Å²) in [6.07, 6.45) is 6.01. The number of carboxylic acid groups (broad SMARTS) is 1. The van der Waals surface area contributed by atoms with Crippen LogP contribution in [0.1, 0.15) is 32.6 Å². The maximum atomic E-state index is 10.6. The van der Waals surface area contributed by atoms with E-state index in [-0.39, 0.29) is 11.5 Å². The highest BCUT2D eigenvalue weighted by Crippen LogP contribution is 2.29. The fraction of sp³-hybridized carbons (Fsp3) is 0.636. The van der Waals surface area contributed by atoms with E-state index in [9.17, 15) is 4.79 Å². The molecule has 1 N–H and O–H groups in total. The molecule has 0 radical (unpaired) electrons. The van der Waals surface area contributed by atoms with E-state index in [1.54, 1.807) is 12.1 Å². The molecule has 2 unspecified atom stereocenters. The monoisotopic (exact) mass is 193 g/mol. The number of nitriles is 1. The van der Waals surface area contributed by atoms with Crippen LogP contribution in [0.5, 0.6) is 0 Å². The van der Waals surface area contributed by atoms with E-state index >= 15 is 0 Å². The zero-order valence-electron chi connectivity index (χ0n) is 8.36. The average Bonchev–Trinajstić information content (AvgIpc) is 2.14. The molecule has 0 aromatic rings. The molecule has 0 aliphatic heterocycles. The van der Waals surface area contributed by atoms with Crippen LogP contribution in [0.15, 0.2) is 11.6 Å². The maximum Gasteiger partial charge on any atom is 0.346 e. The molecule has 0 bridgehead atoms. The largest absolute Gasteiger partial charge is 0.477 e. The highest BCUT2D eigenvalue weighted by atomic mass is 16.4. The van der Waals surface area contributed by atoms with Gasteiger partial charge in [-0.2, -0.15) is 5.26 Å². The van der Waals surface area contributed by atoms with Gasteiger partial charge in [0, 0.05) is 0 Å². The first-order valence-electron chi connectivity index (χ1n) is 4.98. The minimum Gasteiger partial charge on any atom is -0.477 e. The molecule has 76 valence electrons. The van der Waals surface area contributed by atoms with Crippen LogP contribution in [0.25, 0.3) is 0 Å². The minimum absolute atomic E-state index is 0.107. The Labute approximate surface area is 84.0 Å². The number of aliphatic carboxylic acids is 1. The lowest BCUT2D eigenvalue weighted by Crippen LogP contribution is -2.12. The van der Waals surface area contributed by atoms with Crippen molar-refractivity contribution in [3.63, 3.8) is 0 Å². The van der Waals surface area contributed by atoms with Gasteiger partial charge < -0.3 is 5.11 Å². The Balaban J connectivity index is 2.65. The van der Waals surface area contributed by atoms with Gasteiger partial charge in [0.25, 0.3) is 0 Å². The first kappa shape index (κ1) is 10.8. The van der Waals surface area contributed by atoms with Crippen LogP contribution in [-0.2, 0) is 4.79 Å². The van der Waals surface area contributed by atoms with Crippen molar-refractivity contribution in [2.24, 2.45) is 11.8 Å². The fourth-order valence-corrected chi connectivity index (χ4v) is 2.02. The third-order valence-electron chi connectivity index (χ3n) is 2.73. The number of rotatable bonds is 2. The second kappa shape index (κ2) is 4.80. The maximum absolute atomic E-state index is 10.6. The topological polar surface area (TPSA) is 61.1 Å². The van der Waals surface area contributed by atoms with Crippen LogP contribution in [0, 0.1) is 23.2 Å². The summed E-state index contributed by atoms with van der Waals surface area (Å²) in [5.74, 6) is -0.172. The van der Waals surface area contributed by atoms with Gasteiger partial charge in [-0.3, -0.25) is 0 Å². The summed E-state index contributed by atoms with van der Waals surface area (Å²) in [7, 11) is 0. The van der Waals surface area contributed by atoms with Gasteiger partial charge in [0.15, 0.2) is 0 Å². The molecule has 3 nitrogen and oxygen atoms in total. The Hall–Kier alpha value is -1.30. The normalized spacial score (nSPS) is 28.1. The molecule has 2 atom stereocenters. The SMILES string of the molecule is CC1CCCC(C=C(C#N)C(=O)O)C1. The Morgan fingerprint density at radius 1 is 1.57 bits per heavy atom. The predicted molar refractivity (Wildman–Crippen MR) is 52.5 cm³/mol. The van der Waals surface area contributed by atoms with Gasteiger partial charge in [-0.15, -0.1) is 0 Å². The highest BCUT2D eigenvalue weighted by Gasteiger charge is 2.19. The van der Waals surface area contributed by atoms with Crippen molar-refractivity contribution in [1.29, 1.82) is 5.26 Å². The summed E-state index contributed by atoms with van der Waals surface area (Å²) in [5, 5.41) is 17.3. The molecule has 0 saturated heterocycles. The minimum atomic E-state index is -1.11. The second-order valence-electron chi connectivity index (χ2n) is 4.03. The van der Waals surface area contributed by atoms with Crippen LogP contribution in [0.4, 0.5) is 0 Å². The summed E-state index contributed by atoms with van der Waals surface area (Å²) in [4.78, 5) is 10.6. The fourth-order valence-electron chi connectivity index (χ4n) is 2.02. The molecule has 0 spiro atoms. The molecule has 1 aliphatic carbocycles. The van der Waals surface area contributed by atoms with Crippen molar-refractivity contribution >= 4 is 5.97 Å². The summed E-state index contributed by atoms with van der Waals surface area (Å²) in [6.45, 7) is 2.17. The second-order valence-corrected chi connectivity index (χ2v) is 4.03. The number of hydrogen-bond acceptors (Lipinski definition) is 2. The zero-order chi connectivity index (χ0) is 10.6. The number of hydrogen-bond donors (Lipinski definition) is 1. The van der Waals surface area contributed by atoms with Crippen LogP contribution in [0.2, 0.25) is 0 Å². The van der Waals surface area contributed by atoms with Crippen LogP contribution in [0.3, 0.4) is 0 Å². The van der Waals surface area contributed by atoms with Gasteiger partial charge in [-0.05, 0) is 24.7 Å². The van der Waals surface area contributed by atoms with Gasteiger partial charge in [-0.1, -0.05) is 25.8 Å². The molecule has 1 fully saturated rings. The van der Waals surface area contributed by atoms with Gasteiger partial charge in [0.1, 0.15) is 11.6 Å². The average molecular weight is 193 g/mol. The molecular weight excluding hydrogens is 178 g/mol. The van der Waals surface area contributed by atoms with Crippen molar-refractivity contribution in [2.45, 2.75) is 32.6 Å². The molecule has 0 heterocycles. The van der Waals surface area contributed by atoms with Gasteiger partial charge in [-0.25, -0.2) is 4.79 Å². The first-order chi connectivity index (χ1) is 6.63. The Morgan fingerprint density at radius 3 is 2.79 bits per heavy atom.